The number of aliphatic hydroxyl groups is 1. The molecule has 1 aliphatic rings. The van der Waals surface area contributed by atoms with Crippen LogP contribution in [0.15, 0.2) is 62.9 Å². The molecule has 3 rings (SSSR count). The highest BCUT2D eigenvalue weighted by atomic mass is 79.9. The molecule has 0 aliphatic carbocycles. The molecule has 118 valence electrons. The number of benzene rings is 1. The maximum atomic E-state index is 12.4. The first-order valence-electron chi connectivity index (χ1n) is 7.02. The Bertz CT molecular complexity index is 777. The van der Waals surface area contributed by atoms with Crippen molar-refractivity contribution in [1.29, 1.82) is 0 Å². The van der Waals surface area contributed by atoms with Crippen LogP contribution in [0.4, 0.5) is 0 Å². The first-order chi connectivity index (χ1) is 11.0. The Morgan fingerprint density at radius 2 is 2.00 bits per heavy atom. The van der Waals surface area contributed by atoms with Crippen molar-refractivity contribution < 1.29 is 19.1 Å². The van der Waals surface area contributed by atoms with E-state index in [1.807, 2.05) is 24.3 Å². The van der Waals surface area contributed by atoms with E-state index in [1.165, 1.54) is 18.1 Å². The van der Waals surface area contributed by atoms with Gasteiger partial charge in [-0.25, -0.2) is 0 Å². The zero-order valence-corrected chi connectivity index (χ0v) is 13.9. The third-order valence-electron chi connectivity index (χ3n) is 3.77. The number of hydrogen-bond acceptors (Lipinski definition) is 4. The van der Waals surface area contributed by atoms with Crippen molar-refractivity contribution in [3.63, 3.8) is 0 Å². The van der Waals surface area contributed by atoms with Gasteiger partial charge in [-0.1, -0.05) is 28.1 Å². The molecule has 1 amide bonds. The molecule has 0 bridgehead atoms. The molecule has 1 aromatic carbocycles. The second-order valence-corrected chi connectivity index (χ2v) is 6.20. The average Bonchev–Trinajstić information content (AvgIpc) is 3.10. The second-order valence-electron chi connectivity index (χ2n) is 5.28. The highest BCUT2D eigenvalue weighted by molar-refractivity contribution is 9.10. The Balaban J connectivity index is 2.05. The predicted molar refractivity (Wildman–Crippen MR) is 86.5 cm³/mol. The number of rotatable bonds is 4. The molecule has 1 aliphatic heterocycles. The summed E-state index contributed by atoms with van der Waals surface area (Å²) >= 11 is 3.36. The smallest absolute Gasteiger partial charge is 0.290 e. The Labute approximate surface area is 141 Å². The van der Waals surface area contributed by atoms with Gasteiger partial charge in [0, 0.05) is 4.47 Å². The Hall–Kier alpha value is -2.34. The third-order valence-corrected chi connectivity index (χ3v) is 4.30. The first kappa shape index (κ1) is 15.6. The molecular formula is C17H14BrNO4. The summed E-state index contributed by atoms with van der Waals surface area (Å²) in [6.45, 7) is 1.52. The van der Waals surface area contributed by atoms with Crippen molar-refractivity contribution in [3.05, 3.63) is 69.8 Å². The number of Topliss-reactive ketones (excluding diaryl/α,β-unsaturated/α-hetero) is 1. The number of carbonyl (C=O) groups excluding carboxylic acids is 2. The average molecular weight is 376 g/mol. The van der Waals surface area contributed by atoms with Gasteiger partial charge in [-0.3, -0.25) is 9.59 Å². The monoisotopic (exact) mass is 375 g/mol. The van der Waals surface area contributed by atoms with Crippen LogP contribution in [0.1, 0.15) is 24.3 Å². The standard InChI is InChI=1S/C17H14BrNO4/c1-10(20)14-15(11-4-6-12(18)7-5-11)19(17(22)16(14)21)9-13-3-2-8-23-13/h2-8,15,21H,9H2,1H3. The fourth-order valence-corrected chi connectivity index (χ4v) is 3.00. The fraction of sp³-hybridized carbons (Fsp3) is 0.176. The van der Waals surface area contributed by atoms with Gasteiger partial charge in [-0.15, -0.1) is 0 Å². The highest BCUT2D eigenvalue weighted by Crippen LogP contribution is 2.38. The van der Waals surface area contributed by atoms with E-state index >= 15 is 0 Å². The molecule has 0 radical (unpaired) electrons. The maximum Gasteiger partial charge on any atom is 0.290 e. The largest absolute Gasteiger partial charge is 0.503 e. The lowest BCUT2D eigenvalue weighted by molar-refractivity contribution is -0.130. The zero-order chi connectivity index (χ0) is 16.6. The van der Waals surface area contributed by atoms with Crippen LogP contribution >= 0.6 is 15.9 Å². The van der Waals surface area contributed by atoms with Gasteiger partial charge in [-0.2, -0.15) is 0 Å². The van der Waals surface area contributed by atoms with Gasteiger partial charge in [0.05, 0.1) is 24.4 Å². The first-order valence-corrected chi connectivity index (χ1v) is 7.81. The van der Waals surface area contributed by atoms with Crippen LogP contribution in [-0.2, 0) is 16.1 Å². The molecule has 2 aromatic rings. The summed E-state index contributed by atoms with van der Waals surface area (Å²) in [6.07, 6.45) is 1.52. The summed E-state index contributed by atoms with van der Waals surface area (Å²) in [7, 11) is 0. The van der Waals surface area contributed by atoms with Crippen LogP contribution in [-0.4, -0.2) is 21.7 Å². The quantitative estimate of drug-likeness (QED) is 0.887. The summed E-state index contributed by atoms with van der Waals surface area (Å²) in [5, 5.41) is 10.1. The number of amides is 1. The molecule has 0 fully saturated rings. The van der Waals surface area contributed by atoms with Crippen molar-refractivity contribution >= 4 is 27.6 Å². The van der Waals surface area contributed by atoms with E-state index in [1.54, 1.807) is 12.1 Å². The number of hydrogen-bond donors (Lipinski definition) is 1. The zero-order valence-electron chi connectivity index (χ0n) is 12.3. The van der Waals surface area contributed by atoms with E-state index in [9.17, 15) is 14.7 Å². The van der Waals surface area contributed by atoms with Crippen LogP contribution in [0.2, 0.25) is 0 Å². The Morgan fingerprint density at radius 1 is 1.30 bits per heavy atom. The number of furan rings is 1. The van der Waals surface area contributed by atoms with Crippen molar-refractivity contribution in [1.82, 2.24) is 4.90 Å². The van der Waals surface area contributed by atoms with Gasteiger partial charge in [0.1, 0.15) is 5.76 Å². The summed E-state index contributed by atoms with van der Waals surface area (Å²) in [5.41, 5.74) is 0.867. The summed E-state index contributed by atoms with van der Waals surface area (Å²) in [4.78, 5) is 25.8. The van der Waals surface area contributed by atoms with Crippen LogP contribution in [0, 0.1) is 0 Å². The van der Waals surface area contributed by atoms with Crippen molar-refractivity contribution in [2.75, 3.05) is 0 Å². The molecule has 1 N–H and O–H groups in total. The highest BCUT2D eigenvalue weighted by Gasteiger charge is 2.42. The third kappa shape index (κ3) is 2.82. The topological polar surface area (TPSA) is 70.8 Å². The van der Waals surface area contributed by atoms with Gasteiger partial charge < -0.3 is 14.4 Å². The Morgan fingerprint density at radius 3 is 2.57 bits per heavy atom. The summed E-state index contributed by atoms with van der Waals surface area (Å²) in [5.74, 6) is -0.805. The van der Waals surface area contributed by atoms with E-state index in [0.29, 0.717) is 5.76 Å². The summed E-state index contributed by atoms with van der Waals surface area (Å²) in [6, 6.07) is 10.1. The number of carbonyl (C=O) groups is 2. The maximum absolute atomic E-state index is 12.4. The summed E-state index contributed by atoms with van der Waals surface area (Å²) < 4.78 is 6.18. The van der Waals surface area contributed by atoms with Gasteiger partial charge >= 0.3 is 0 Å². The number of nitrogens with zero attached hydrogens (tertiary/aromatic N) is 1. The van der Waals surface area contributed by atoms with E-state index < -0.39 is 17.7 Å². The predicted octanol–water partition coefficient (Wildman–Crippen LogP) is 3.53. The minimum atomic E-state index is -0.627. The van der Waals surface area contributed by atoms with Gasteiger partial charge in [-0.05, 0) is 36.8 Å². The lowest BCUT2D eigenvalue weighted by Gasteiger charge is -2.25. The van der Waals surface area contributed by atoms with Gasteiger partial charge in [0.25, 0.3) is 5.91 Å². The lowest BCUT2D eigenvalue weighted by atomic mass is 9.97. The molecule has 23 heavy (non-hydrogen) atoms. The molecule has 0 saturated heterocycles. The molecule has 2 heterocycles. The number of aliphatic hydroxyl groups excluding tert-OH is 1. The molecule has 0 saturated carbocycles. The van der Waals surface area contributed by atoms with Gasteiger partial charge in [0.2, 0.25) is 0 Å². The van der Waals surface area contributed by atoms with Gasteiger partial charge in [0.15, 0.2) is 11.5 Å². The second kappa shape index (κ2) is 6.04. The van der Waals surface area contributed by atoms with E-state index in [2.05, 4.69) is 15.9 Å². The van der Waals surface area contributed by atoms with Crippen LogP contribution in [0.25, 0.3) is 0 Å². The van der Waals surface area contributed by atoms with Crippen molar-refractivity contribution in [2.24, 2.45) is 0 Å². The lowest BCUT2D eigenvalue weighted by Crippen LogP contribution is -2.30. The molecule has 1 atom stereocenters. The van der Waals surface area contributed by atoms with Crippen molar-refractivity contribution in [3.8, 4) is 0 Å². The minimum Gasteiger partial charge on any atom is -0.503 e. The SMILES string of the molecule is CC(=O)C1=C(O)C(=O)N(Cc2ccco2)C1c1ccc(Br)cc1. The van der Waals surface area contributed by atoms with E-state index in [4.69, 9.17) is 4.42 Å². The van der Waals surface area contributed by atoms with Crippen molar-refractivity contribution in [2.45, 2.75) is 19.5 Å². The molecule has 0 spiro atoms. The van der Waals surface area contributed by atoms with Crippen LogP contribution < -0.4 is 0 Å². The number of halogens is 1. The fourth-order valence-electron chi connectivity index (χ4n) is 2.74. The van der Waals surface area contributed by atoms with E-state index in [0.717, 1.165) is 10.0 Å². The normalized spacial score (nSPS) is 17.9. The van der Waals surface area contributed by atoms with Crippen LogP contribution in [0.3, 0.4) is 0 Å². The molecule has 1 unspecified atom stereocenters. The van der Waals surface area contributed by atoms with E-state index in [-0.39, 0.29) is 17.9 Å². The Kier molecular flexibility index (Phi) is 4.09. The number of ketones is 1. The van der Waals surface area contributed by atoms with Crippen LogP contribution in [0.5, 0.6) is 0 Å². The minimum absolute atomic E-state index is 0.115. The molecule has 6 heteroatoms. The molecular weight excluding hydrogens is 362 g/mol. The molecule has 5 nitrogen and oxygen atoms in total. The molecule has 1 aromatic heterocycles.